The Morgan fingerprint density at radius 3 is 2.59 bits per heavy atom. The SMILES string of the molecule is CCOC(=O)NC(=O)CSc1ccc(Cl)cc1. The van der Waals surface area contributed by atoms with Gasteiger partial charge in [0, 0.05) is 9.92 Å². The number of ether oxygens (including phenoxy) is 1. The topological polar surface area (TPSA) is 55.4 Å². The molecule has 0 radical (unpaired) electrons. The third kappa shape index (κ3) is 5.60. The van der Waals surface area contributed by atoms with Crippen molar-refractivity contribution in [2.45, 2.75) is 11.8 Å². The van der Waals surface area contributed by atoms with E-state index in [9.17, 15) is 9.59 Å². The first kappa shape index (κ1) is 13.9. The minimum Gasteiger partial charge on any atom is -0.450 e. The summed E-state index contributed by atoms with van der Waals surface area (Å²) >= 11 is 7.05. The van der Waals surface area contributed by atoms with Gasteiger partial charge in [-0.25, -0.2) is 4.79 Å². The summed E-state index contributed by atoms with van der Waals surface area (Å²) in [6, 6.07) is 7.11. The van der Waals surface area contributed by atoms with E-state index < -0.39 is 6.09 Å². The van der Waals surface area contributed by atoms with Crippen LogP contribution in [0.3, 0.4) is 0 Å². The first-order valence-electron chi connectivity index (χ1n) is 4.96. The van der Waals surface area contributed by atoms with Crippen molar-refractivity contribution in [2.24, 2.45) is 0 Å². The summed E-state index contributed by atoms with van der Waals surface area (Å²) in [5.41, 5.74) is 0. The number of hydrogen-bond acceptors (Lipinski definition) is 4. The summed E-state index contributed by atoms with van der Waals surface area (Å²) in [5.74, 6) is -0.233. The second-order valence-electron chi connectivity index (χ2n) is 3.01. The van der Waals surface area contributed by atoms with E-state index in [1.807, 2.05) is 12.1 Å². The van der Waals surface area contributed by atoms with E-state index in [1.165, 1.54) is 11.8 Å². The summed E-state index contributed by atoms with van der Waals surface area (Å²) in [6.45, 7) is 1.91. The number of rotatable bonds is 4. The molecule has 0 aliphatic heterocycles. The molecule has 92 valence electrons. The molecule has 0 aliphatic carbocycles. The second-order valence-corrected chi connectivity index (χ2v) is 4.50. The van der Waals surface area contributed by atoms with Crippen LogP contribution < -0.4 is 5.32 Å². The lowest BCUT2D eigenvalue weighted by atomic mass is 10.4. The van der Waals surface area contributed by atoms with E-state index in [-0.39, 0.29) is 18.3 Å². The van der Waals surface area contributed by atoms with Crippen LogP contribution in [-0.4, -0.2) is 24.4 Å². The first-order chi connectivity index (χ1) is 8.11. The van der Waals surface area contributed by atoms with Gasteiger partial charge in [-0.15, -0.1) is 11.8 Å². The van der Waals surface area contributed by atoms with Crippen LogP contribution in [0.25, 0.3) is 0 Å². The van der Waals surface area contributed by atoms with E-state index in [0.29, 0.717) is 5.02 Å². The van der Waals surface area contributed by atoms with Crippen molar-refractivity contribution in [1.82, 2.24) is 5.32 Å². The van der Waals surface area contributed by atoms with Crippen LogP contribution in [0.5, 0.6) is 0 Å². The van der Waals surface area contributed by atoms with E-state index >= 15 is 0 Å². The van der Waals surface area contributed by atoms with E-state index in [1.54, 1.807) is 19.1 Å². The van der Waals surface area contributed by atoms with Gasteiger partial charge in [-0.2, -0.15) is 0 Å². The molecule has 0 atom stereocenters. The molecule has 6 heteroatoms. The van der Waals surface area contributed by atoms with E-state index in [2.05, 4.69) is 10.1 Å². The quantitative estimate of drug-likeness (QED) is 0.857. The lowest BCUT2D eigenvalue weighted by molar-refractivity contribution is -0.117. The first-order valence-corrected chi connectivity index (χ1v) is 6.33. The average Bonchev–Trinajstić information content (AvgIpc) is 2.28. The Morgan fingerprint density at radius 2 is 2.00 bits per heavy atom. The zero-order chi connectivity index (χ0) is 12.7. The number of carbonyl (C=O) groups is 2. The number of nitrogens with one attached hydrogen (secondary N) is 1. The molecule has 17 heavy (non-hydrogen) atoms. The van der Waals surface area contributed by atoms with Crippen molar-refractivity contribution in [3.8, 4) is 0 Å². The summed E-state index contributed by atoms with van der Waals surface area (Å²) in [6.07, 6.45) is -0.714. The number of carbonyl (C=O) groups excluding carboxylic acids is 2. The Labute approximate surface area is 109 Å². The lowest BCUT2D eigenvalue weighted by Crippen LogP contribution is -2.32. The molecular weight excluding hydrogens is 262 g/mol. The van der Waals surface area contributed by atoms with Crippen molar-refractivity contribution in [3.05, 3.63) is 29.3 Å². The summed E-state index contributed by atoms with van der Waals surface area (Å²) in [7, 11) is 0. The van der Waals surface area contributed by atoms with Gasteiger partial charge in [-0.3, -0.25) is 10.1 Å². The van der Waals surface area contributed by atoms with Crippen molar-refractivity contribution in [3.63, 3.8) is 0 Å². The fraction of sp³-hybridized carbons (Fsp3) is 0.273. The van der Waals surface area contributed by atoms with Gasteiger partial charge in [-0.05, 0) is 31.2 Å². The van der Waals surface area contributed by atoms with Crippen molar-refractivity contribution in [1.29, 1.82) is 0 Å². The van der Waals surface area contributed by atoms with E-state index in [4.69, 9.17) is 11.6 Å². The minimum absolute atomic E-state index is 0.153. The highest BCUT2D eigenvalue weighted by Crippen LogP contribution is 2.19. The van der Waals surface area contributed by atoms with Gasteiger partial charge in [0.2, 0.25) is 5.91 Å². The Morgan fingerprint density at radius 1 is 1.35 bits per heavy atom. The zero-order valence-corrected chi connectivity index (χ0v) is 10.8. The number of imide groups is 1. The largest absolute Gasteiger partial charge is 0.450 e. The smallest absolute Gasteiger partial charge is 0.413 e. The van der Waals surface area contributed by atoms with Gasteiger partial charge in [0.15, 0.2) is 0 Å². The molecule has 1 aromatic rings. The number of halogens is 1. The molecule has 0 unspecified atom stereocenters. The highest BCUT2D eigenvalue weighted by molar-refractivity contribution is 8.00. The summed E-state index contributed by atoms with van der Waals surface area (Å²) in [4.78, 5) is 23.1. The molecule has 1 N–H and O–H groups in total. The maximum Gasteiger partial charge on any atom is 0.413 e. The molecule has 0 saturated heterocycles. The van der Waals surface area contributed by atoms with Gasteiger partial charge in [-0.1, -0.05) is 11.6 Å². The molecule has 0 heterocycles. The van der Waals surface area contributed by atoms with Crippen molar-refractivity contribution >= 4 is 35.4 Å². The molecule has 2 amide bonds. The Kier molecular flexibility index (Phi) is 5.86. The number of alkyl carbamates (subject to hydrolysis) is 1. The van der Waals surface area contributed by atoms with Gasteiger partial charge in [0.05, 0.1) is 12.4 Å². The Bertz CT molecular complexity index is 394. The molecule has 0 aromatic heterocycles. The van der Waals surface area contributed by atoms with Crippen LogP contribution >= 0.6 is 23.4 Å². The normalized spacial score (nSPS) is 9.76. The lowest BCUT2D eigenvalue weighted by Gasteiger charge is -2.04. The number of benzene rings is 1. The Hall–Kier alpha value is -1.20. The van der Waals surface area contributed by atoms with Crippen molar-refractivity contribution in [2.75, 3.05) is 12.4 Å². The fourth-order valence-corrected chi connectivity index (χ4v) is 1.82. The van der Waals surface area contributed by atoms with Gasteiger partial charge < -0.3 is 4.74 Å². The van der Waals surface area contributed by atoms with Gasteiger partial charge in [0.1, 0.15) is 0 Å². The molecule has 0 aliphatic rings. The Balaban J connectivity index is 2.33. The zero-order valence-electron chi connectivity index (χ0n) is 9.23. The number of amides is 2. The molecule has 1 aromatic carbocycles. The minimum atomic E-state index is -0.714. The summed E-state index contributed by atoms with van der Waals surface area (Å²) in [5, 5.41) is 2.76. The molecule has 1 rings (SSSR count). The van der Waals surface area contributed by atoms with Crippen LogP contribution in [0.2, 0.25) is 5.02 Å². The van der Waals surface area contributed by atoms with Gasteiger partial charge in [0.25, 0.3) is 0 Å². The van der Waals surface area contributed by atoms with Crippen LogP contribution in [-0.2, 0) is 9.53 Å². The highest BCUT2D eigenvalue weighted by atomic mass is 35.5. The maximum absolute atomic E-state index is 11.3. The van der Waals surface area contributed by atoms with Crippen LogP contribution in [0.4, 0.5) is 4.79 Å². The van der Waals surface area contributed by atoms with Gasteiger partial charge >= 0.3 is 6.09 Å². The molecule has 0 fully saturated rings. The third-order valence-corrected chi connectivity index (χ3v) is 2.96. The van der Waals surface area contributed by atoms with Crippen molar-refractivity contribution < 1.29 is 14.3 Å². The molecule has 0 saturated carbocycles. The van der Waals surface area contributed by atoms with E-state index in [0.717, 1.165) is 4.90 Å². The molecule has 0 spiro atoms. The molecule has 4 nitrogen and oxygen atoms in total. The maximum atomic E-state index is 11.3. The predicted octanol–water partition coefficient (Wildman–Crippen LogP) is 2.70. The third-order valence-electron chi connectivity index (χ3n) is 1.70. The second kappa shape index (κ2) is 7.19. The molecule has 0 bridgehead atoms. The number of hydrogen-bond donors (Lipinski definition) is 1. The monoisotopic (exact) mass is 273 g/mol. The highest BCUT2D eigenvalue weighted by Gasteiger charge is 2.08. The van der Waals surface area contributed by atoms with Crippen LogP contribution in [0.15, 0.2) is 29.2 Å². The number of thioether (sulfide) groups is 1. The summed E-state index contributed by atoms with van der Waals surface area (Å²) < 4.78 is 4.58. The van der Waals surface area contributed by atoms with Crippen LogP contribution in [0.1, 0.15) is 6.92 Å². The average molecular weight is 274 g/mol. The fourth-order valence-electron chi connectivity index (χ4n) is 0.997. The molecular formula is C11H12ClNO3S. The standard InChI is InChI=1S/C11H12ClNO3S/c1-2-16-11(15)13-10(14)7-17-9-5-3-8(12)4-6-9/h3-6H,2,7H2,1H3,(H,13,14,15). The van der Waals surface area contributed by atoms with Crippen LogP contribution in [0, 0.1) is 0 Å². The predicted molar refractivity (Wildman–Crippen MR) is 67.3 cm³/mol.